The number of methoxy groups -OCH3 is 2. The van der Waals surface area contributed by atoms with Gasteiger partial charge in [0.25, 0.3) is 0 Å². The van der Waals surface area contributed by atoms with E-state index in [1.54, 1.807) is 0 Å². The van der Waals surface area contributed by atoms with Gasteiger partial charge in [0.15, 0.2) is 5.79 Å². The zero-order valence-corrected chi connectivity index (χ0v) is 17.0. The lowest BCUT2D eigenvalue weighted by molar-refractivity contribution is -0.431. The van der Waals surface area contributed by atoms with Crippen molar-refractivity contribution in [2.75, 3.05) is 20.8 Å². The molecule has 3 aliphatic heterocycles. The molecule has 7 bridgehead atoms. The molecule has 9 nitrogen and oxygen atoms in total. The summed E-state index contributed by atoms with van der Waals surface area (Å²) in [6, 6.07) is 0. The fourth-order valence-electron chi connectivity index (χ4n) is 9.92. The molecule has 8 aliphatic rings. The summed E-state index contributed by atoms with van der Waals surface area (Å²) in [6.45, 7) is 0.117. The van der Waals surface area contributed by atoms with Gasteiger partial charge >= 0.3 is 5.97 Å². The summed E-state index contributed by atoms with van der Waals surface area (Å²) in [7, 11) is 2.98. The molecule has 166 valence electrons. The van der Waals surface area contributed by atoms with Gasteiger partial charge in [0, 0.05) is 37.9 Å². The van der Waals surface area contributed by atoms with Crippen LogP contribution in [0.4, 0.5) is 0 Å². The van der Waals surface area contributed by atoms with Gasteiger partial charge in [0.2, 0.25) is 0 Å². The quantitative estimate of drug-likeness (QED) is 0.401. The molecule has 3 heterocycles. The summed E-state index contributed by atoms with van der Waals surface area (Å²) in [5.41, 5.74) is -5.07. The van der Waals surface area contributed by atoms with Crippen LogP contribution in [0, 0.1) is 34.5 Å². The van der Waals surface area contributed by atoms with E-state index in [1.807, 2.05) is 0 Å². The highest BCUT2D eigenvalue weighted by Gasteiger charge is 2.95. The van der Waals surface area contributed by atoms with Crippen molar-refractivity contribution in [1.29, 1.82) is 0 Å². The van der Waals surface area contributed by atoms with E-state index < -0.39 is 81.9 Å². The molecule has 0 amide bonds. The second-order valence-corrected chi connectivity index (χ2v) is 10.9. The number of aliphatic hydroxyl groups is 4. The molecular formula is C21H28O9. The van der Waals surface area contributed by atoms with E-state index in [0.29, 0.717) is 12.8 Å². The van der Waals surface area contributed by atoms with E-state index in [9.17, 15) is 25.2 Å². The van der Waals surface area contributed by atoms with Gasteiger partial charge in [-0.3, -0.25) is 4.79 Å². The van der Waals surface area contributed by atoms with Crippen molar-refractivity contribution < 1.29 is 44.2 Å². The van der Waals surface area contributed by atoms with Crippen LogP contribution in [0.3, 0.4) is 0 Å². The van der Waals surface area contributed by atoms with Crippen LogP contribution >= 0.6 is 0 Å². The molecule has 0 unspecified atom stereocenters. The van der Waals surface area contributed by atoms with Crippen LogP contribution in [0.5, 0.6) is 0 Å². The predicted octanol–water partition coefficient (Wildman–Crippen LogP) is -1.45. The Morgan fingerprint density at radius 1 is 1.13 bits per heavy atom. The van der Waals surface area contributed by atoms with E-state index in [4.69, 9.17) is 18.9 Å². The number of hydrogen-bond donors (Lipinski definition) is 4. The predicted molar refractivity (Wildman–Crippen MR) is 95.6 cm³/mol. The number of aliphatic hydroxyl groups excluding tert-OH is 1. The van der Waals surface area contributed by atoms with Gasteiger partial charge in [-0.1, -0.05) is 0 Å². The number of carbonyl (C=O) groups is 1. The van der Waals surface area contributed by atoms with Crippen molar-refractivity contribution in [2.24, 2.45) is 34.5 Å². The van der Waals surface area contributed by atoms with E-state index in [2.05, 4.69) is 0 Å². The van der Waals surface area contributed by atoms with Crippen molar-refractivity contribution in [3.05, 3.63) is 0 Å². The van der Waals surface area contributed by atoms with Gasteiger partial charge in [0.05, 0.1) is 36.4 Å². The van der Waals surface area contributed by atoms with Crippen molar-refractivity contribution >= 4 is 5.97 Å². The smallest absolute Gasteiger partial charge is 0.317 e. The monoisotopic (exact) mass is 424 g/mol. The molecule has 0 aromatic heterocycles. The summed E-state index contributed by atoms with van der Waals surface area (Å²) in [4.78, 5) is 13.3. The molecular weight excluding hydrogens is 396 g/mol. The van der Waals surface area contributed by atoms with Gasteiger partial charge in [-0.25, -0.2) is 0 Å². The van der Waals surface area contributed by atoms with Crippen molar-refractivity contribution in [3.8, 4) is 0 Å². The molecule has 4 N–H and O–H groups in total. The first kappa shape index (κ1) is 18.7. The van der Waals surface area contributed by atoms with Gasteiger partial charge in [0.1, 0.15) is 17.1 Å². The Morgan fingerprint density at radius 2 is 1.90 bits per heavy atom. The highest BCUT2D eigenvalue weighted by atomic mass is 16.7. The Bertz CT molecular complexity index is 865. The lowest BCUT2D eigenvalue weighted by Gasteiger charge is -2.68. The van der Waals surface area contributed by atoms with Crippen molar-refractivity contribution in [2.45, 2.75) is 67.1 Å². The summed E-state index contributed by atoms with van der Waals surface area (Å²) in [5, 5.41) is 46.9. The summed E-state index contributed by atoms with van der Waals surface area (Å²) in [6.07, 6.45) is -1.92. The van der Waals surface area contributed by atoms with Crippen LogP contribution < -0.4 is 0 Å². The van der Waals surface area contributed by atoms with E-state index >= 15 is 0 Å². The molecule has 5 saturated carbocycles. The highest BCUT2D eigenvalue weighted by Crippen LogP contribution is 2.84. The topological polar surface area (TPSA) is 135 Å². The first-order valence-electron chi connectivity index (χ1n) is 10.9. The summed E-state index contributed by atoms with van der Waals surface area (Å²) >= 11 is 0. The average molecular weight is 424 g/mol. The molecule has 5 aliphatic carbocycles. The molecule has 13 atom stereocenters. The second kappa shape index (κ2) is 4.90. The van der Waals surface area contributed by atoms with Gasteiger partial charge in [-0.2, -0.15) is 0 Å². The Balaban J connectivity index is 1.52. The zero-order chi connectivity index (χ0) is 21.1. The standard InChI is InChI=1S/C21H28O9/c1-27-7-17-9-3-4-18-8-5-19(24)10(28-2)6-20(25,11(8)15(19)22)14(21(18,26)30-9)12(13(17)18)29-16(17)23/h8-15,22,24-26H,3-7H2,1-2H3/t8-,9+,10-,11+,12+,13+,14-,15+,17+,18+,19-,20-,21-/m0/s1. The minimum Gasteiger partial charge on any atom is -0.461 e. The molecule has 30 heavy (non-hydrogen) atoms. The van der Waals surface area contributed by atoms with Crippen LogP contribution in [-0.4, -0.2) is 88.6 Å². The number of hydrogen-bond acceptors (Lipinski definition) is 9. The SMILES string of the molecule is COC[C@]12C(=O)O[C@@H]3[C@H]1[C@]14CC[C@H]2O[C@@]1(O)[C@@H]3[C@]1(O)C[C@H](OC)[C@@]2(O)C[C@H]4[C@@H]1[C@H]2O. The lowest BCUT2D eigenvalue weighted by Crippen LogP contribution is -2.79. The minimum absolute atomic E-state index is 0.0351. The fourth-order valence-corrected chi connectivity index (χ4v) is 9.92. The molecule has 0 radical (unpaired) electrons. The Hall–Kier alpha value is -0.810. The maximum absolute atomic E-state index is 13.3. The molecule has 8 fully saturated rings. The molecule has 0 aromatic rings. The Labute approximate surface area is 173 Å². The number of fused-ring (bicyclic) bond motifs is 4. The van der Waals surface area contributed by atoms with Crippen LogP contribution in [-0.2, 0) is 23.7 Å². The first-order valence-corrected chi connectivity index (χ1v) is 10.9. The molecule has 8 rings (SSSR count). The van der Waals surface area contributed by atoms with Crippen LogP contribution in [0.25, 0.3) is 0 Å². The molecule has 3 saturated heterocycles. The normalized spacial score (nSPS) is 68.4. The number of ether oxygens (including phenoxy) is 4. The van der Waals surface area contributed by atoms with E-state index in [1.165, 1.54) is 14.2 Å². The van der Waals surface area contributed by atoms with Crippen LogP contribution in [0.15, 0.2) is 0 Å². The average Bonchev–Trinajstić information content (AvgIpc) is 3.16. The van der Waals surface area contributed by atoms with Gasteiger partial charge in [-0.05, 0) is 25.2 Å². The van der Waals surface area contributed by atoms with E-state index in [-0.39, 0.29) is 19.4 Å². The maximum Gasteiger partial charge on any atom is 0.317 e. The first-order chi connectivity index (χ1) is 14.2. The number of carbonyl (C=O) groups excluding carboxylic acids is 1. The zero-order valence-electron chi connectivity index (χ0n) is 17.0. The van der Waals surface area contributed by atoms with Gasteiger partial charge in [-0.15, -0.1) is 0 Å². The van der Waals surface area contributed by atoms with Gasteiger partial charge < -0.3 is 39.4 Å². The number of rotatable bonds is 3. The maximum atomic E-state index is 13.3. The largest absolute Gasteiger partial charge is 0.461 e. The Morgan fingerprint density at radius 3 is 2.60 bits per heavy atom. The van der Waals surface area contributed by atoms with Crippen molar-refractivity contribution in [1.82, 2.24) is 0 Å². The molecule has 9 heteroatoms. The fraction of sp³-hybridized carbons (Fsp3) is 0.952. The third-order valence-corrected chi connectivity index (χ3v) is 10.5. The third-order valence-electron chi connectivity index (χ3n) is 10.5. The second-order valence-electron chi connectivity index (χ2n) is 10.9. The molecule has 1 spiro atoms. The minimum atomic E-state index is -1.69. The van der Waals surface area contributed by atoms with Crippen LogP contribution in [0.1, 0.15) is 25.7 Å². The summed E-state index contributed by atoms with van der Waals surface area (Å²) in [5.74, 6) is -4.48. The van der Waals surface area contributed by atoms with E-state index in [0.717, 1.165) is 0 Å². The van der Waals surface area contributed by atoms with Crippen LogP contribution in [0.2, 0.25) is 0 Å². The highest BCUT2D eigenvalue weighted by molar-refractivity contribution is 5.83. The molecule has 0 aromatic carbocycles. The summed E-state index contributed by atoms with van der Waals surface area (Å²) < 4.78 is 23.3. The lowest BCUT2D eigenvalue weighted by atomic mass is 9.43. The Kier molecular flexibility index (Phi) is 3.06. The van der Waals surface area contributed by atoms with Crippen molar-refractivity contribution in [3.63, 3.8) is 0 Å². The number of esters is 1. The third kappa shape index (κ3) is 1.41.